The molecular formula is C56H83ClN4O4+2. The summed E-state index contributed by atoms with van der Waals surface area (Å²) in [5, 5.41) is 26.7. The molecule has 8 nitrogen and oxygen atoms in total. The number of quaternary nitrogens is 2. The molecule has 0 bridgehead atoms. The summed E-state index contributed by atoms with van der Waals surface area (Å²) in [6.45, 7) is 34.4. The van der Waals surface area contributed by atoms with Crippen LogP contribution in [0, 0.1) is 33.6 Å². The summed E-state index contributed by atoms with van der Waals surface area (Å²) in [4.78, 5) is 10.6. The summed E-state index contributed by atoms with van der Waals surface area (Å²) in [6, 6.07) is 15.9. The van der Waals surface area contributed by atoms with Crippen LogP contribution in [0.2, 0.25) is 0 Å². The Bertz CT molecular complexity index is 2300. The molecule has 356 valence electrons. The van der Waals surface area contributed by atoms with Gasteiger partial charge in [-0.15, -0.1) is 18.2 Å². The maximum Gasteiger partial charge on any atom is 0.134 e. The topological polar surface area (TPSA) is 89.1 Å². The Hall–Kier alpha value is -4.31. The van der Waals surface area contributed by atoms with E-state index in [0.29, 0.717) is 10.4 Å². The Kier molecular flexibility index (Phi) is 21.2. The molecule has 0 aliphatic carbocycles. The fourth-order valence-corrected chi connectivity index (χ4v) is 10.4. The molecule has 65 heavy (non-hydrogen) atoms. The number of aliphatic hydroxyl groups excluding tert-OH is 2. The number of alkyl halides is 1. The molecule has 0 spiro atoms. The third-order valence-corrected chi connectivity index (χ3v) is 14.6. The molecule has 2 saturated heterocycles. The van der Waals surface area contributed by atoms with Crippen LogP contribution in [-0.4, -0.2) is 76.5 Å². The quantitative estimate of drug-likeness (QED) is 0.0656. The molecule has 2 aliphatic rings. The lowest BCUT2D eigenvalue weighted by Crippen LogP contribution is -3.16. The Morgan fingerprint density at radius 1 is 0.754 bits per heavy atom. The Labute approximate surface area is 398 Å². The maximum absolute atomic E-state index is 12.6. The number of aromatic nitrogens is 2. The van der Waals surface area contributed by atoms with Crippen LogP contribution in [0.1, 0.15) is 131 Å². The molecule has 3 aromatic carbocycles. The minimum absolute atomic E-state index is 0.0102. The molecule has 8 unspecified atom stereocenters. The van der Waals surface area contributed by atoms with E-state index in [-0.39, 0.29) is 12.1 Å². The van der Waals surface area contributed by atoms with Crippen LogP contribution in [-0.2, 0) is 13.1 Å². The minimum atomic E-state index is -0.732. The molecule has 2 aromatic heterocycles. The van der Waals surface area contributed by atoms with Gasteiger partial charge in [-0.3, -0.25) is 9.97 Å². The lowest BCUT2D eigenvalue weighted by molar-refractivity contribution is -0.981. The summed E-state index contributed by atoms with van der Waals surface area (Å²) in [5.41, 5.74) is 10.9. The van der Waals surface area contributed by atoms with E-state index in [9.17, 15) is 10.2 Å². The van der Waals surface area contributed by atoms with E-state index in [1.807, 2.05) is 96.3 Å². The van der Waals surface area contributed by atoms with Crippen molar-refractivity contribution in [2.75, 3.05) is 34.2 Å². The normalized spacial score (nSPS) is 23.2. The van der Waals surface area contributed by atoms with Crippen LogP contribution in [0.3, 0.4) is 0 Å². The zero-order chi connectivity index (χ0) is 48.8. The molecule has 9 heteroatoms. The van der Waals surface area contributed by atoms with Gasteiger partial charge in [0.25, 0.3) is 0 Å². The summed E-state index contributed by atoms with van der Waals surface area (Å²) in [6.07, 6.45) is 11.6. The van der Waals surface area contributed by atoms with Gasteiger partial charge in [-0.1, -0.05) is 54.2 Å². The number of nitrogens with zero attached hydrogens (tertiary/aromatic N) is 3. The average molecular weight is 912 g/mol. The van der Waals surface area contributed by atoms with Gasteiger partial charge >= 0.3 is 0 Å². The zero-order valence-corrected chi connectivity index (χ0v) is 43.4. The number of nitrogens with one attached hydrogen (secondary N) is 1. The number of likely N-dealkylation sites (tertiary alicyclic amines) is 2. The van der Waals surface area contributed by atoms with Gasteiger partial charge in [0.1, 0.15) is 54.4 Å². The van der Waals surface area contributed by atoms with Gasteiger partial charge in [-0.2, -0.15) is 0 Å². The fourth-order valence-electron chi connectivity index (χ4n) is 10.4. The van der Waals surface area contributed by atoms with E-state index < -0.39 is 17.7 Å². The fraction of sp³-hybridized carbons (Fsp3) is 0.500. The smallest absolute Gasteiger partial charge is 0.134 e. The number of halogens is 1. The first-order valence-electron chi connectivity index (χ1n) is 23.9. The van der Waals surface area contributed by atoms with Gasteiger partial charge in [0.15, 0.2) is 0 Å². The lowest BCUT2D eigenvalue weighted by atomic mass is 9.74. The van der Waals surface area contributed by atoms with E-state index in [4.69, 9.17) is 9.47 Å². The molecule has 0 saturated carbocycles. The first-order chi connectivity index (χ1) is 31.3. The standard InChI is InChI=1S/C49H61N4O4.3C2H6.CH3Cl/c1-11-34-19-22-49(7,48(55)39-21-24-51-45-17-15-37(57-10)26-41(39)45)53(8,28-34)29-43-32(5)30(3)42(31(4)33(43)6)27-52-35(12-2)13-18-46(52)47(54)38-20-23-50-44-16-14-36(56-9)25-40(38)44;4*1-2/h11-12,14-17,20-21,23-26,34-35,46-48,54-55H,1-2,13,18-19,22,27-29H2,3-10H3;3*1-2H3;1H3/q+1;;;;/p+1. The van der Waals surface area contributed by atoms with E-state index in [1.165, 1.54) is 44.7 Å². The Morgan fingerprint density at radius 2 is 1.25 bits per heavy atom. The monoisotopic (exact) mass is 911 g/mol. The molecule has 2 fully saturated rings. The minimum Gasteiger partial charge on any atom is -0.497 e. The summed E-state index contributed by atoms with van der Waals surface area (Å²) in [7, 11) is 5.68. The molecule has 7 rings (SSSR count). The largest absolute Gasteiger partial charge is 0.497 e. The number of fused-ring (bicyclic) bond motifs is 2. The number of hydrogen-bond acceptors (Lipinski definition) is 6. The predicted molar refractivity (Wildman–Crippen MR) is 275 cm³/mol. The number of hydrogen-bond donors (Lipinski definition) is 3. The number of benzene rings is 3. The van der Waals surface area contributed by atoms with Gasteiger partial charge < -0.3 is 29.1 Å². The zero-order valence-electron chi connectivity index (χ0n) is 42.6. The van der Waals surface area contributed by atoms with Crippen LogP contribution in [0.15, 0.2) is 86.2 Å². The van der Waals surface area contributed by atoms with Gasteiger partial charge in [-0.25, -0.2) is 0 Å². The number of pyridine rings is 2. The number of methoxy groups -OCH3 is 2. The first-order valence-corrected chi connectivity index (χ1v) is 24.7. The SMILES string of the molecule is C=CC1CCC(C)(C(O)c2ccnc3ccc(OC)cc23)[N+](C)(Cc2c(C)c(C)c(C[NH+]3C(C=C)CCC3C(O)c3ccnc4ccc(OC)cc34)c(C)c2C)C1.CC.CC.CC.CCl. The number of aliphatic hydroxyl groups is 2. The van der Waals surface area contributed by atoms with Crippen molar-refractivity contribution in [3.8, 4) is 11.5 Å². The second kappa shape index (κ2) is 25.0. The number of rotatable bonds is 12. The highest BCUT2D eigenvalue weighted by Gasteiger charge is 2.54. The van der Waals surface area contributed by atoms with Gasteiger partial charge in [-0.05, 0) is 129 Å². The molecule has 2 aliphatic heterocycles. The van der Waals surface area contributed by atoms with Crippen LogP contribution >= 0.6 is 11.6 Å². The highest BCUT2D eigenvalue weighted by molar-refractivity contribution is 6.15. The summed E-state index contributed by atoms with van der Waals surface area (Å²) >= 11 is 4.64. The molecule has 4 heterocycles. The third kappa shape index (κ3) is 11.1. The Morgan fingerprint density at radius 3 is 1.74 bits per heavy atom. The van der Waals surface area contributed by atoms with E-state index in [0.717, 1.165) is 89.7 Å². The molecule has 0 radical (unpaired) electrons. The van der Waals surface area contributed by atoms with Crippen LogP contribution < -0.4 is 14.4 Å². The van der Waals surface area contributed by atoms with E-state index in [1.54, 1.807) is 20.4 Å². The van der Waals surface area contributed by atoms with Crippen molar-refractivity contribution in [1.82, 2.24) is 9.97 Å². The lowest BCUT2D eigenvalue weighted by Gasteiger charge is -2.56. The predicted octanol–water partition coefficient (Wildman–Crippen LogP) is 11.8. The molecule has 3 N–H and O–H groups in total. The van der Waals surface area contributed by atoms with Crippen LogP contribution in [0.4, 0.5) is 0 Å². The van der Waals surface area contributed by atoms with Gasteiger partial charge in [0.2, 0.25) is 0 Å². The molecular weight excluding hydrogens is 828 g/mol. The first kappa shape index (κ1) is 55.0. The number of likely N-dealkylation sites (N-methyl/N-ethyl adjacent to an activating group) is 1. The summed E-state index contributed by atoms with van der Waals surface area (Å²) in [5.74, 6) is 1.85. The van der Waals surface area contributed by atoms with E-state index in [2.05, 4.69) is 88.5 Å². The van der Waals surface area contributed by atoms with Crippen molar-refractivity contribution in [3.05, 3.63) is 131 Å². The molecule has 5 aromatic rings. The average Bonchev–Trinajstić information content (AvgIpc) is 3.78. The third-order valence-electron chi connectivity index (χ3n) is 14.6. The van der Waals surface area contributed by atoms with Crippen molar-refractivity contribution < 1.29 is 29.1 Å². The van der Waals surface area contributed by atoms with Crippen molar-refractivity contribution in [2.45, 2.75) is 145 Å². The molecule has 0 amide bonds. The van der Waals surface area contributed by atoms with Crippen molar-refractivity contribution in [1.29, 1.82) is 0 Å². The van der Waals surface area contributed by atoms with Gasteiger partial charge in [0.05, 0.1) is 38.8 Å². The highest BCUT2D eigenvalue weighted by Crippen LogP contribution is 2.48. The summed E-state index contributed by atoms with van der Waals surface area (Å²) < 4.78 is 11.8. The molecule has 8 atom stereocenters. The van der Waals surface area contributed by atoms with Gasteiger partial charge in [0, 0.05) is 65.9 Å². The van der Waals surface area contributed by atoms with Crippen molar-refractivity contribution in [3.63, 3.8) is 0 Å². The maximum atomic E-state index is 12.6. The van der Waals surface area contributed by atoms with Crippen LogP contribution in [0.5, 0.6) is 11.5 Å². The van der Waals surface area contributed by atoms with Crippen LogP contribution in [0.25, 0.3) is 21.8 Å². The number of ether oxygens (including phenoxy) is 2. The second-order valence-electron chi connectivity index (χ2n) is 17.3. The highest BCUT2D eigenvalue weighted by atomic mass is 35.5. The van der Waals surface area contributed by atoms with Crippen molar-refractivity contribution in [2.24, 2.45) is 5.92 Å². The Balaban J connectivity index is 0.00000133. The number of piperidine rings is 1. The second-order valence-corrected chi connectivity index (χ2v) is 17.3. The van der Waals surface area contributed by atoms with Crippen molar-refractivity contribution >= 4 is 33.4 Å². The van der Waals surface area contributed by atoms with E-state index >= 15 is 0 Å².